The maximum Gasteiger partial charge on any atom is 0.126 e. The highest BCUT2D eigenvalue weighted by molar-refractivity contribution is 7.10. The highest BCUT2D eigenvalue weighted by atomic mass is 32.1. The van der Waals surface area contributed by atoms with Crippen LogP contribution in [0.15, 0.2) is 35.8 Å². The monoisotopic (exact) mass is 229 g/mol. The van der Waals surface area contributed by atoms with E-state index in [9.17, 15) is 0 Å². The molecule has 0 fully saturated rings. The van der Waals surface area contributed by atoms with Gasteiger partial charge in [-0.3, -0.25) is 0 Å². The summed E-state index contributed by atoms with van der Waals surface area (Å²) in [5, 5.41) is 14.0. The van der Waals surface area contributed by atoms with Gasteiger partial charge in [-0.2, -0.15) is 5.26 Å². The Hall–Kier alpha value is -1.86. The minimum absolute atomic E-state index is 0.237. The van der Waals surface area contributed by atoms with Crippen LogP contribution in [0.25, 0.3) is 0 Å². The topological polar surface area (TPSA) is 48.7 Å². The lowest BCUT2D eigenvalue weighted by molar-refractivity contribution is 0.896. The summed E-state index contributed by atoms with van der Waals surface area (Å²) in [4.78, 5) is 5.44. The van der Waals surface area contributed by atoms with Gasteiger partial charge in [0.1, 0.15) is 11.9 Å². The molecule has 1 atom stereocenters. The van der Waals surface area contributed by atoms with E-state index >= 15 is 0 Å². The van der Waals surface area contributed by atoms with Crippen LogP contribution in [-0.2, 0) is 0 Å². The number of nitrogens with one attached hydrogen (secondary N) is 1. The standard InChI is InChI=1S/C12H11N3S/c1-9(11-3-2-6-16-11)15-12-5-4-10(7-13)8-14-12/h2-6,8-9H,1H3,(H,14,15). The van der Waals surface area contributed by atoms with Crippen LogP contribution in [0, 0.1) is 11.3 Å². The third-order valence-electron chi connectivity index (χ3n) is 2.23. The molecule has 0 saturated heterocycles. The SMILES string of the molecule is CC(Nc1ccc(C#N)cn1)c1cccs1. The lowest BCUT2D eigenvalue weighted by Crippen LogP contribution is -2.06. The number of thiophene rings is 1. The van der Waals surface area contributed by atoms with Gasteiger partial charge in [-0.1, -0.05) is 6.07 Å². The van der Waals surface area contributed by atoms with E-state index < -0.39 is 0 Å². The first-order valence-corrected chi connectivity index (χ1v) is 5.83. The van der Waals surface area contributed by atoms with E-state index in [1.165, 1.54) is 4.88 Å². The van der Waals surface area contributed by atoms with Crippen LogP contribution in [0.4, 0.5) is 5.82 Å². The molecule has 0 spiro atoms. The summed E-state index contributed by atoms with van der Waals surface area (Å²) < 4.78 is 0. The van der Waals surface area contributed by atoms with Gasteiger partial charge >= 0.3 is 0 Å². The molecule has 3 nitrogen and oxygen atoms in total. The van der Waals surface area contributed by atoms with Crippen molar-refractivity contribution in [1.82, 2.24) is 4.98 Å². The number of aromatic nitrogens is 1. The van der Waals surface area contributed by atoms with Gasteiger partial charge in [-0.15, -0.1) is 11.3 Å². The lowest BCUT2D eigenvalue weighted by Gasteiger charge is -2.12. The van der Waals surface area contributed by atoms with Gasteiger partial charge in [0, 0.05) is 11.1 Å². The Morgan fingerprint density at radius 3 is 2.88 bits per heavy atom. The molecular weight excluding hydrogens is 218 g/mol. The van der Waals surface area contributed by atoms with E-state index in [2.05, 4.69) is 28.7 Å². The number of nitrogens with zero attached hydrogens (tertiary/aromatic N) is 2. The van der Waals surface area contributed by atoms with Crippen LogP contribution < -0.4 is 5.32 Å². The molecule has 0 aromatic carbocycles. The van der Waals surface area contributed by atoms with Crippen LogP contribution >= 0.6 is 11.3 Å². The van der Waals surface area contributed by atoms with Gasteiger partial charge < -0.3 is 5.32 Å². The Balaban J connectivity index is 2.07. The molecule has 0 bridgehead atoms. The van der Waals surface area contributed by atoms with E-state index in [0.29, 0.717) is 5.56 Å². The second kappa shape index (κ2) is 4.77. The van der Waals surface area contributed by atoms with Crippen LogP contribution in [0.1, 0.15) is 23.4 Å². The third kappa shape index (κ3) is 2.38. The van der Waals surface area contributed by atoms with Gasteiger partial charge in [0.2, 0.25) is 0 Å². The van der Waals surface area contributed by atoms with Crippen molar-refractivity contribution in [1.29, 1.82) is 5.26 Å². The zero-order valence-corrected chi connectivity index (χ0v) is 9.66. The molecule has 2 rings (SSSR count). The van der Waals surface area contributed by atoms with Gasteiger partial charge in [0.25, 0.3) is 0 Å². The zero-order valence-electron chi connectivity index (χ0n) is 8.84. The van der Waals surface area contributed by atoms with Crippen molar-refractivity contribution in [3.63, 3.8) is 0 Å². The first kappa shape index (κ1) is 10.7. The summed E-state index contributed by atoms with van der Waals surface area (Å²) in [6.45, 7) is 2.09. The molecule has 0 aliphatic heterocycles. The van der Waals surface area contributed by atoms with Crippen molar-refractivity contribution < 1.29 is 0 Å². The number of anilines is 1. The summed E-state index contributed by atoms with van der Waals surface area (Å²) in [6, 6.07) is 9.99. The van der Waals surface area contributed by atoms with E-state index in [1.54, 1.807) is 23.6 Å². The third-order valence-corrected chi connectivity index (χ3v) is 3.28. The number of nitriles is 1. The van der Waals surface area contributed by atoms with Crippen LogP contribution in [0.2, 0.25) is 0 Å². The number of hydrogen-bond acceptors (Lipinski definition) is 4. The average molecular weight is 229 g/mol. The molecule has 0 radical (unpaired) electrons. The summed E-state index contributed by atoms with van der Waals surface area (Å²) in [5.74, 6) is 0.792. The predicted molar refractivity (Wildman–Crippen MR) is 65.3 cm³/mol. The van der Waals surface area contributed by atoms with Crippen molar-refractivity contribution in [2.24, 2.45) is 0 Å². The molecule has 1 N–H and O–H groups in total. The Morgan fingerprint density at radius 1 is 1.44 bits per heavy atom. The fourth-order valence-corrected chi connectivity index (χ4v) is 2.11. The maximum absolute atomic E-state index is 8.65. The van der Waals surface area contributed by atoms with Crippen molar-refractivity contribution in [3.05, 3.63) is 46.3 Å². The summed E-state index contributed by atoms with van der Waals surface area (Å²) in [7, 11) is 0. The van der Waals surface area contributed by atoms with Crippen LogP contribution in [-0.4, -0.2) is 4.98 Å². The lowest BCUT2D eigenvalue weighted by atomic mass is 10.2. The number of rotatable bonds is 3. The average Bonchev–Trinajstić information content (AvgIpc) is 2.83. The van der Waals surface area contributed by atoms with E-state index in [1.807, 2.05) is 18.2 Å². The van der Waals surface area contributed by atoms with Gasteiger partial charge in [0.05, 0.1) is 11.6 Å². The molecule has 0 aliphatic rings. The van der Waals surface area contributed by atoms with Gasteiger partial charge in [0.15, 0.2) is 0 Å². The summed E-state index contributed by atoms with van der Waals surface area (Å²) in [5.41, 5.74) is 0.578. The smallest absolute Gasteiger partial charge is 0.126 e. The zero-order chi connectivity index (χ0) is 11.4. The molecule has 0 saturated carbocycles. The Bertz CT molecular complexity index is 482. The molecule has 4 heteroatoms. The van der Waals surface area contributed by atoms with E-state index in [-0.39, 0.29) is 6.04 Å². The molecule has 80 valence electrons. The molecule has 1 unspecified atom stereocenters. The van der Waals surface area contributed by atoms with Crippen molar-refractivity contribution in [3.8, 4) is 6.07 Å². The van der Waals surface area contributed by atoms with Gasteiger partial charge in [-0.05, 0) is 30.5 Å². The number of hydrogen-bond donors (Lipinski definition) is 1. The van der Waals surface area contributed by atoms with Crippen LogP contribution in [0.5, 0.6) is 0 Å². The largest absolute Gasteiger partial charge is 0.363 e. The molecule has 16 heavy (non-hydrogen) atoms. The van der Waals surface area contributed by atoms with Crippen LogP contribution in [0.3, 0.4) is 0 Å². The Morgan fingerprint density at radius 2 is 2.31 bits per heavy atom. The molecule has 2 aromatic rings. The normalized spacial score (nSPS) is 11.8. The summed E-state index contributed by atoms with van der Waals surface area (Å²) >= 11 is 1.72. The highest BCUT2D eigenvalue weighted by Crippen LogP contribution is 2.21. The van der Waals surface area contributed by atoms with E-state index in [0.717, 1.165) is 5.82 Å². The Kier molecular flexibility index (Phi) is 3.18. The fraction of sp³-hybridized carbons (Fsp3) is 0.167. The van der Waals surface area contributed by atoms with Crippen molar-refractivity contribution >= 4 is 17.2 Å². The fourth-order valence-electron chi connectivity index (χ4n) is 1.38. The molecule has 0 aliphatic carbocycles. The Labute approximate surface area is 98.4 Å². The van der Waals surface area contributed by atoms with Gasteiger partial charge in [-0.25, -0.2) is 4.98 Å². The minimum Gasteiger partial charge on any atom is -0.363 e. The quantitative estimate of drug-likeness (QED) is 0.879. The second-order valence-electron chi connectivity index (χ2n) is 3.43. The molecule has 2 heterocycles. The number of pyridine rings is 1. The van der Waals surface area contributed by atoms with Crippen molar-refractivity contribution in [2.75, 3.05) is 5.32 Å². The van der Waals surface area contributed by atoms with Crippen molar-refractivity contribution in [2.45, 2.75) is 13.0 Å². The predicted octanol–water partition coefficient (Wildman–Crippen LogP) is 3.19. The highest BCUT2D eigenvalue weighted by Gasteiger charge is 2.06. The second-order valence-corrected chi connectivity index (χ2v) is 4.40. The summed E-state index contributed by atoms with van der Waals surface area (Å²) in [6.07, 6.45) is 1.57. The first-order chi connectivity index (χ1) is 7.79. The molecule has 2 aromatic heterocycles. The maximum atomic E-state index is 8.65. The molecular formula is C12H11N3S. The first-order valence-electron chi connectivity index (χ1n) is 4.95. The molecule has 0 amide bonds. The van der Waals surface area contributed by atoms with E-state index in [4.69, 9.17) is 5.26 Å². The minimum atomic E-state index is 0.237.